The lowest BCUT2D eigenvalue weighted by Crippen LogP contribution is -2.45. The lowest BCUT2D eigenvalue weighted by atomic mass is 10.00. The second kappa shape index (κ2) is 5.82. The van der Waals surface area contributed by atoms with Crippen LogP contribution in [-0.4, -0.2) is 23.9 Å². The maximum Gasteiger partial charge on any atom is 0.137 e. The summed E-state index contributed by atoms with van der Waals surface area (Å²) in [6, 6.07) is 5.40. The number of aliphatic hydroxyl groups is 1. The Hall–Kier alpha value is -1.13. The van der Waals surface area contributed by atoms with Crippen LogP contribution in [0.25, 0.3) is 0 Å². The summed E-state index contributed by atoms with van der Waals surface area (Å²) < 4.78 is 18.2. The Morgan fingerprint density at radius 2 is 1.88 bits per heavy atom. The van der Waals surface area contributed by atoms with Crippen LogP contribution in [0.2, 0.25) is 0 Å². The first-order valence-electron chi connectivity index (χ1n) is 5.33. The lowest BCUT2D eigenvalue weighted by molar-refractivity contribution is 0.0810. The topological polar surface area (TPSA) is 55.5 Å². The Bertz CT molecular complexity index is 313. The van der Waals surface area contributed by atoms with E-state index in [0.717, 1.165) is 0 Å². The molecule has 0 saturated carbocycles. The molecule has 16 heavy (non-hydrogen) atoms. The van der Waals surface area contributed by atoms with E-state index in [2.05, 4.69) is 0 Å². The van der Waals surface area contributed by atoms with Gasteiger partial charge in [0.05, 0.1) is 6.61 Å². The summed E-state index contributed by atoms with van der Waals surface area (Å²) in [6.07, 6.45) is -0.467. The second-order valence-corrected chi connectivity index (χ2v) is 4.11. The van der Waals surface area contributed by atoms with Crippen LogP contribution in [-0.2, 0) is 0 Å². The van der Waals surface area contributed by atoms with E-state index in [1.54, 1.807) is 0 Å². The number of ether oxygens (including phenoxy) is 1. The molecule has 2 atom stereocenters. The van der Waals surface area contributed by atoms with Crippen LogP contribution in [0.3, 0.4) is 0 Å². The molecule has 1 aromatic rings. The van der Waals surface area contributed by atoms with Crippen molar-refractivity contribution in [3.63, 3.8) is 0 Å². The van der Waals surface area contributed by atoms with E-state index in [4.69, 9.17) is 10.5 Å². The molecule has 0 saturated heterocycles. The summed E-state index contributed by atoms with van der Waals surface area (Å²) in [4.78, 5) is 0. The fourth-order valence-corrected chi connectivity index (χ4v) is 1.35. The summed E-state index contributed by atoms with van der Waals surface area (Å²) in [5, 5.41) is 9.18. The predicted molar refractivity (Wildman–Crippen MR) is 60.7 cm³/mol. The average Bonchev–Trinajstić information content (AvgIpc) is 2.27. The summed E-state index contributed by atoms with van der Waals surface area (Å²) in [7, 11) is 0. The molecule has 3 nitrogen and oxygen atoms in total. The van der Waals surface area contributed by atoms with Crippen LogP contribution in [0.1, 0.15) is 13.8 Å². The summed E-state index contributed by atoms with van der Waals surface area (Å²) in [5.41, 5.74) is 5.89. The molecule has 0 aliphatic heterocycles. The number of rotatable bonds is 5. The van der Waals surface area contributed by atoms with Crippen LogP contribution in [0.5, 0.6) is 5.75 Å². The van der Waals surface area contributed by atoms with E-state index >= 15 is 0 Å². The average molecular weight is 227 g/mol. The van der Waals surface area contributed by atoms with Crippen LogP contribution in [0.15, 0.2) is 24.3 Å². The van der Waals surface area contributed by atoms with E-state index in [1.807, 2.05) is 13.8 Å². The number of benzene rings is 1. The van der Waals surface area contributed by atoms with Crippen molar-refractivity contribution < 1.29 is 14.2 Å². The first kappa shape index (κ1) is 12.9. The van der Waals surface area contributed by atoms with Gasteiger partial charge in [-0.15, -0.1) is 0 Å². The van der Waals surface area contributed by atoms with Crippen molar-refractivity contribution in [2.24, 2.45) is 11.7 Å². The van der Waals surface area contributed by atoms with Crippen molar-refractivity contribution in [2.75, 3.05) is 6.61 Å². The molecule has 0 radical (unpaired) electrons. The molecule has 0 heterocycles. The van der Waals surface area contributed by atoms with Gasteiger partial charge in [0.25, 0.3) is 0 Å². The Kier molecular flexibility index (Phi) is 4.71. The molecule has 1 aromatic carbocycles. The fraction of sp³-hybridized carbons (Fsp3) is 0.500. The summed E-state index contributed by atoms with van der Waals surface area (Å²) >= 11 is 0. The number of hydrogen-bond donors (Lipinski definition) is 2. The van der Waals surface area contributed by atoms with Gasteiger partial charge in [-0.05, 0) is 30.2 Å². The monoisotopic (exact) mass is 227 g/mol. The molecular weight excluding hydrogens is 209 g/mol. The molecule has 0 amide bonds. The van der Waals surface area contributed by atoms with Gasteiger partial charge in [0.2, 0.25) is 0 Å². The molecule has 4 heteroatoms. The van der Waals surface area contributed by atoms with Crippen LogP contribution in [0, 0.1) is 11.7 Å². The lowest BCUT2D eigenvalue weighted by Gasteiger charge is -2.26. The van der Waals surface area contributed by atoms with Crippen molar-refractivity contribution in [3.05, 3.63) is 30.1 Å². The van der Waals surface area contributed by atoms with Gasteiger partial charge in [-0.2, -0.15) is 0 Å². The Morgan fingerprint density at radius 3 is 2.31 bits per heavy atom. The van der Waals surface area contributed by atoms with Crippen LogP contribution < -0.4 is 10.5 Å². The highest BCUT2D eigenvalue weighted by Gasteiger charge is 2.21. The van der Waals surface area contributed by atoms with Gasteiger partial charge in [0.1, 0.15) is 17.7 Å². The highest BCUT2D eigenvalue weighted by atomic mass is 19.1. The summed E-state index contributed by atoms with van der Waals surface area (Å²) in [6.45, 7) is 3.76. The zero-order chi connectivity index (χ0) is 12.1. The van der Waals surface area contributed by atoms with Crippen molar-refractivity contribution in [1.82, 2.24) is 0 Å². The third-order valence-electron chi connectivity index (χ3n) is 2.48. The van der Waals surface area contributed by atoms with Crippen molar-refractivity contribution in [3.8, 4) is 5.75 Å². The van der Waals surface area contributed by atoms with Crippen LogP contribution in [0.4, 0.5) is 4.39 Å². The molecule has 90 valence electrons. The van der Waals surface area contributed by atoms with E-state index in [-0.39, 0.29) is 24.4 Å². The molecule has 0 aliphatic carbocycles. The standard InChI is InChI=1S/C12H18FNO2/c1-8(2)12(14)11(7-15)16-10-5-3-9(13)4-6-10/h3-6,8,11-12,15H,7,14H2,1-2H3. The first-order valence-corrected chi connectivity index (χ1v) is 5.33. The van der Waals surface area contributed by atoms with Gasteiger partial charge in [-0.25, -0.2) is 4.39 Å². The minimum Gasteiger partial charge on any atom is -0.486 e. The van der Waals surface area contributed by atoms with E-state index in [1.165, 1.54) is 24.3 Å². The molecule has 0 fully saturated rings. The molecule has 3 N–H and O–H groups in total. The number of hydrogen-bond acceptors (Lipinski definition) is 3. The number of nitrogens with two attached hydrogens (primary N) is 1. The Labute approximate surface area is 95.0 Å². The molecule has 2 unspecified atom stereocenters. The maximum absolute atomic E-state index is 12.7. The highest BCUT2D eigenvalue weighted by Crippen LogP contribution is 2.16. The van der Waals surface area contributed by atoms with Gasteiger partial charge in [-0.3, -0.25) is 0 Å². The van der Waals surface area contributed by atoms with Crippen molar-refractivity contribution in [2.45, 2.75) is 26.0 Å². The fourth-order valence-electron chi connectivity index (χ4n) is 1.35. The third-order valence-corrected chi connectivity index (χ3v) is 2.48. The minimum atomic E-state index is -0.467. The smallest absolute Gasteiger partial charge is 0.137 e. The van der Waals surface area contributed by atoms with E-state index < -0.39 is 6.10 Å². The molecule has 0 aliphatic rings. The first-order chi connectivity index (χ1) is 7.54. The molecule has 0 aromatic heterocycles. The molecular formula is C12H18FNO2. The molecule has 0 bridgehead atoms. The molecule has 1 rings (SSSR count). The van der Waals surface area contributed by atoms with E-state index in [0.29, 0.717) is 5.75 Å². The minimum absolute atomic E-state index is 0.156. The maximum atomic E-state index is 12.7. The number of aliphatic hydroxyl groups excluding tert-OH is 1. The zero-order valence-corrected chi connectivity index (χ0v) is 9.56. The van der Waals surface area contributed by atoms with Gasteiger partial charge in [-0.1, -0.05) is 13.8 Å². The normalized spacial score (nSPS) is 14.9. The van der Waals surface area contributed by atoms with Gasteiger partial charge < -0.3 is 15.6 Å². The van der Waals surface area contributed by atoms with Gasteiger partial charge in [0, 0.05) is 6.04 Å². The van der Waals surface area contributed by atoms with E-state index in [9.17, 15) is 9.50 Å². The Morgan fingerprint density at radius 1 is 1.31 bits per heavy atom. The highest BCUT2D eigenvalue weighted by molar-refractivity contribution is 5.22. The number of halogens is 1. The summed E-state index contributed by atoms with van der Waals surface area (Å²) in [5.74, 6) is 0.398. The van der Waals surface area contributed by atoms with Gasteiger partial charge in [0.15, 0.2) is 0 Å². The SMILES string of the molecule is CC(C)C(N)C(CO)Oc1ccc(F)cc1. The van der Waals surface area contributed by atoms with Crippen molar-refractivity contribution in [1.29, 1.82) is 0 Å². The molecule has 0 spiro atoms. The Balaban J connectivity index is 2.66. The van der Waals surface area contributed by atoms with Crippen molar-refractivity contribution >= 4 is 0 Å². The second-order valence-electron chi connectivity index (χ2n) is 4.11. The predicted octanol–water partition coefficient (Wildman–Crippen LogP) is 1.55. The van der Waals surface area contributed by atoms with Crippen LogP contribution >= 0.6 is 0 Å². The zero-order valence-electron chi connectivity index (χ0n) is 9.56. The van der Waals surface area contributed by atoms with Gasteiger partial charge >= 0.3 is 0 Å². The third kappa shape index (κ3) is 3.47. The quantitative estimate of drug-likeness (QED) is 0.802. The largest absolute Gasteiger partial charge is 0.486 e.